The molecule has 0 saturated carbocycles. The number of likely N-dealkylation sites (tertiary alicyclic amines) is 1. The number of ether oxygens (including phenoxy) is 2. The molecule has 1 aromatic carbocycles. The van der Waals surface area contributed by atoms with Crippen molar-refractivity contribution < 1.29 is 19.1 Å². The minimum atomic E-state index is -0.353. The van der Waals surface area contributed by atoms with Crippen molar-refractivity contribution in [2.75, 3.05) is 39.9 Å². The van der Waals surface area contributed by atoms with E-state index in [0.717, 1.165) is 24.1 Å². The van der Waals surface area contributed by atoms with Crippen molar-refractivity contribution in [3.8, 4) is 0 Å². The van der Waals surface area contributed by atoms with E-state index in [-0.39, 0.29) is 37.0 Å². The molecule has 2 rings (SSSR count). The highest BCUT2D eigenvalue weighted by atomic mass is 35.5. The third-order valence-corrected chi connectivity index (χ3v) is 6.38. The standard InChI is InChI=1S/C26H34Cl2N2O4/c1-5-7-8-9-19(3)24(17-30-13-12-21(16-30)34-18-26(32)33-6-2)29(4)25(31)15-20-10-11-22(27)23(28)14-20/h5,7-11,14,21,24H,3,6,12-13,15-18H2,1-2,4H3/b7-5-,9-8-/t21-,24+/m0/s1. The smallest absolute Gasteiger partial charge is 0.332 e. The van der Waals surface area contributed by atoms with E-state index in [1.807, 2.05) is 37.3 Å². The number of allylic oxidation sites excluding steroid dienone is 3. The minimum absolute atomic E-state index is 0.0433. The van der Waals surface area contributed by atoms with Crippen molar-refractivity contribution in [3.05, 3.63) is 70.3 Å². The Morgan fingerprint density at radius 2 is 2.06 bits per heavy atom. The molecular weight excluding hydrogens is 475 g/mol. The molecule has 0 radical (unpaired) electrons. The molecule has 0 bridgehead atoms. The molecule has 2 atom stereocenters. The third kappa shape index (κ3) is 8.91. The van der Waals surface area contributed by atoms with Gasteiger partial charge in [-0.25, -0.2) is 4.79 Å². The van der Waals surface area contributed by atoms with Gasteiger partial charge >= 0.3 is 5.97 Å². The largest absolute Gasteiger partial charge is 0.464 e. The fourth-order valence-corrected chi connectivity index (χ4v) is 4.07. The van der Waals surface area contributed by atoms with Gasteiger partial charge in [-0.1, -0.05) is 60.2 Å². The summed E-state index contributed by atoms with van der Waals surface area (Å²) in [5, 5.41) is 0.885. The first kappa shape index (κ1) is 28.1. The van der Waals surface area contributed by atoms with Crippen LogP contribution in [0.5, 0.6) is 0 Å². The van der Waals surface area contributed by atoms with Crippen molar-refractivity contribution in [2.24, 2.45) is 0 Å². The average Bonchev–Trinajstić information content (AvgIpc) is 3.26. The molecule has 0 aliphatic carbocycles. The lowest BCUT2D eigenvalue weighted by Crippen LogP contribution is -2.46. The molecule has 1 aromatic rings. The Hall–Kier alpha value is -2.12. The van der Waals surface area contributed by atoms with E-state index >= 15 is 0 Å². The highest BCUT2D eigenvalue weighted by Gasteiger charge is 2.29. The van der Waals surface area contributed by atoms with Crippen molar-refractivity contribution >= 4 is 35.1 Å². The van der Waals surface area contributed by atoms with Gasteiger partial charge in [0.1, 0.15) is 6.61 Å². The van der Waals surface area contributed by atoms with E-state index in [2.05, 4.69) is 11.5 Å². The van der Waals surface area contributed by atoms with E-state index < -0.39 is 0 Å². The van der Waals surface area contributed by atoms with E-state index in [1.165, 1.54) is 0 Å². The first-order valence-corrected chi connectivity index (χ1v) is 12.2. The number of carbonyl (C=O) groups is 2. The predicted molar refractivity (Wildman–Crippen MR) is 137 cm³/mol. The number of hydrogen-bond donors (Lipinski definition) is 0. The van der Waals surface area contributed by atoms with Crippen LogP contribution in [-0.4, -0.2) is 73.7 Å². The van der Waals surface area contributed by atoms with Crippen LogP contribution in [0.1, 0.15) is 25.8 Å². The molecule has 6 nitrogen and oxygen atoms in total. The van der Waals surface area contributed by atoms with Gasteiger partial charge in [-0.3, -0.25) is 9.69 Å². The number of halogens is 2. The van der Waals surface area contributed by atoms with Gasteiger partial charge in [0.05, 0.1) is 35.2 Å². The minimum Gasteiger partial charge on any atom is -0.464 e. The summed E-state index contributed by atoms with van der Waals surface area (Å²) in [5.41, 5.74) is 1.63. The van der Waals surface area contributed by atoms with E-state index in [9.17, 15) is 9.59 Å². The summed E-state index contributed by atoms with van der Waals surface area (Å²) in [4.78, 5) is 28.7. The maximum atomic E-state index is 13.1. The van der Waals surface area contributed by atoms with E-state index in [4.69, 9.17) is 32.7 Å². The van der Waals surface area contributed by atoms with Crippen LogP contribution in [0, 0.1) is 0 Å². The molecule has 34 heavy (non-hydrogen) atoms. The number of rotatable bonds is 12. The van der Waals surface area contributed by atoms with Crippen LogP contribution in [0.3, 0.4) is 0 Å². The molecule has 1 aliphatic heterocycles. The first-order chi connectivity index (χ1) is 16.2. The van der Waals surface area contributed by atoms with Gasteiger partial charge < -0.3 is 14.4 Å². The summed E-state index contributed by atoms with van der Waals surface area (Å²) in [6.07, 6.45) is 8.68. The zero-order chi connectivity index (χ0) is 25.1. The summed E-state index contributed by atoms with van der Waals surface area (Å²) < 4.78 is 10.6. The lowest BCUT2D eigenvalue weighted by Gasteiger charge is -2.32. The maximum absolute atomic E-state index is 13.1. The zero-order valence-corrected chi connectivity index (χ0v) is 21.6. The monoisotopic (exact) mass is 508 g/mol. The normalized spacial score (nSPS) is 17.4. The van der Waals surface area contributed by atoms with Crippen molar-refractivity contribution in [2.45, 2.75) is 38.8 Å². The molecule has 0 N–H and O–H groups in total. The molecular formula is C26H34Cl2N2O4. The Balaban J connectivity index is 2.05. The number of esters is 1. The Morgan fingerprint density at radius 3 is 2.74 bits per heavy atom. The number of carbonyl (C=O) groups excluding carboxylic acids is 2. The maximum Gasteiger partial charge on any atom is 0.332 e. The van der Waals surface area contributed by atoms with Crippen molar-refractivity contribution in [1.82, 2.24) is 9.80 Å². The highest BCUT2D eigenvalue weighted by Crippen LogP contribution is 2.24. The molecule has 186 valence electrons. The molecule has 0 aromatic heterocycles. The summed E-state index contributed by atoms with van der Waals surface area (Å²) >= 11 is 12.1. The molecule has 1 amide bonds. The molecule has 1 saturated heterocycles. The first-order valence-electron chi connectivity index (χ1n) is 11.4. The second-order valence-corrected chi connectivity index (χ2v) is 9.01. The summed E-state index contributed by atoms with van der Waals surface area (Å²) in [7, 11) is 1.80. The van der Waals surface area contributed by atoms with Gasteiger partial charge in [-0.2, -0.15) is 0 Å². The molecule has 0 spiro atoms. The highest BCUT2D eigenvalue weighted by molar-refractivity contribution is 6.42. The van der Waals surface area contributed by atoms with E-state index in [0.29, 0.717) is 29.7 Å². The van der Waals surface area contributed by atoms with Gasteiger partial charge in [-0.15, -0.1) is 0 Å². The van der Waals surface area contributed by atoms with Crippen LogP contribution >= 0.6 is 23.2 Å². The lowest BCUT2D eigenvalue weighted by atomic mass is 10.0. The lowest BCUT2D eigenvalue weighted by molar-refractivity contribution is -0.150. The van der Waals surface area contributed by atoms with Crippen molar-refractivity contribution in [1.29, 1.82) is 0 Å². The molecule has 1 heterocycles. The molecule has 8 heteroatoms. The molecule has 0 unspecified atom stereocenters. The number of hydrogen-bond acceptors (Lipinski definition) is 5. The number of amides is 1. The SMILES string of the molecule is C=C(/C=C\C=C/C)[C@@H](CN1CC[C@H](OCC(=O)OCC)C1)N(C)C(=O)Cc1ccc(Cl)c(Cl)c1. The molecule has 1 aliphatic rings. The number of nitrogens with zero attached hydrogens (tertiary/aromatic N) is 2. The Labute approximate surface area is 212 Å². The summed E-state index contributed by atoms with van der Waals surface area (Å²) in [5.74, 6) is -0.396. The number of benzene rings is 1. The van der Waals surface area contributed by atoms with E-state index in [1.54, 1.807) is 31.0 Å². The third-order valence-electron chi connectivity index (χ3n) is 5.64. The predicted octanol–water partition coefficient (Wildman–Crippen LogP) is 4.71. The molecule has 1 fully saturated rings. The summed E-state index contributed by atoms with van der Waals surface area (Å²) in [6.45, 7) is 10.3. The Kier molecular flexibility index (Phi) is 11.8. The summed E-state index contributed by atoms with van der Waals surface area (Å²) in [6, 6.07) is 5.00. The van der Waals surface area contributed by atoms with Crippen LogP contribution in [-0.2, 0) is 25.5 Å². The topological polar surface area (TPSA) is 59.1 Å². The quantitative estimate of drug-likeness (QED) is 0.302. The Bertz CT molecular complexity index is 916. The van der Waals surface area contributed by atoms with Crippen molar-refractivity contribution in [3.63, 3.8) is 0 Å². The van der Waals surface area contributed by atoms with Gasteiger partial charge in [0.15, 0.2) is 0 Å². The number of likely N-dealkylation sites (N-methyl/N-ethyl adjacent to an activating group) is 1. The van der Waals surface area contributed by atoms with Gasteiger partial charge in [0.2, 0.25) is 5.91 Å². The van der Waals surface area contributed by atoms with Crippen LogP contribution in [0.4, 0.5) is 0 Å². The van der Waals surface area contributed by atoms with Gasteiger partial charge in [0.25, 0.3) is 0 Å². The van der Waals surface area contributed by atoms with Gasteiger partial charge in [-0.05, 0) is 43.5 Å². The van der Waals surface area contributed by atoms with Crippen LogP contribution in [0.25, 0.3) is 0 Å². The zero-order valence-electron chi connectivity index (χ0n) is 20.1. The Morgan fingerprint density at radius 1 is 1.29 bits per heavy atom. The second kappa shape index (κ2) is 14.3. The van der Waals surface area contributed by atoms with Gasteiger partial charge in [0, 0.05) is 26.7 Å². The fourth-order valence-electron chi connectivity index (χ4n) is 3.74. The van der Waals surface area contributed by atoms with Crippen LogP contribution in [0.2, 0.25) is 10.0 Å². The van der Waals surface area contributed by atoms with Crippen LogP contribution < -0.4 is 0 Å². The second-order valence-electron chi connectivity index (χ2n) is 8.19. The average molecular weight is 509 g/mol. The fraction of sp³-hybridized carbons (Fsp3) is 0.462. The van der Waals surface area contributed by atoms with Crippen LogP contribution in [0.15, 0.2) is 54.7 Å².